The third-order valence-corrected chi connectivity index (χ3v) is 10.7. The predicted molar refractivity (Wildman–Crippen MR) is 261 cm³/mol. The number of hydrogen-bond donors (Lipinski definition) is 0. The average molecular weight is 851 g/mol. The Kier molecular flexibility index (Phi) is 46.9. The van der Waals surface area contributed by atoms with Gasteiger partial charge in [-0.25, -0.2) is 0 Å². The highest BCUT2D eigenvalue weighted by Crippen LogP contribution is 2.14. The Labute approximate surface area is 376 Å². The maximum atomic E-state index is 12.8. The topological polar surface area (TPSA) is 78.9 Å². The van der Waals surface area contributed by atoms with Crippen LogP contribution < -0.4 is 0 Å². The van der Waals surface area contributed by atoms with Crippen LogP contribution >= 0.6 is 0 Å². The average Bonchev–Trinajstić information content (AvgIpc) is 3.26. The van der Waals surface area contributed by atoms with Crippen LogP contribution in [0.4, 0.5) is 0 Å². The Morgan fingerprint density at radius 3 is 1.02 bits per heavy atom. The zero-order valence-corrected chi connectivity index (χ0v) is 39.9. The predicted octanol–water partition coefficient (Wildman–Crippen LogP) is 16.6. The second kappa shape index (κ2) is 49.5. The summed E-state index contributed by atoms with van der Waals surface area (Å²) in [6.07, 6.45) is 61.7. The lowest BCUT2D eigenvalue weighted by atomic mass is 10.1. The van der Waals surface area contributed by atoms with Crippen molar-refractivity contribution in [3.05, 3.63) is 72.9 Å². The van der Waals surface area contributed by atoms with E-state index in [1.54, 1.807) is 0 Å². The molecule has 0 fully saturated rings. The fraction of sp³-hybridized carbons (Fsp3) is 0.727. The van der Waals surface area contributed by atoms with Crippen LogP contribution in [0, 0.1) is 0 Å². The lowest BCUT2D eigenvalue weighted by Gasteiger charge is -2.18. The molecule has 0 aliphatic rings. The molecule has 0 aromatic rings. The standard InChI is InChI=1S/C55H94O6/c1-4-7-10-13-16-19-22-24-26-27-29-30-33-36-39-42-45-48-54(57)60-51-52(50-59-53(56)47-44-41-38-35-32-21-18-15-12-9-6-3)61-55(58)49-46-43-40-37-34-31-28-25-23-20-17-14-11-8-5-2/h16-17,19-20,24-26,28-30,36,39,52H,4-15,18,21-23,27,31-35,37-38,40-51H2,1-3H3/b19-16-,20-17-,26-24-,28-25-,30-29-,39-36-/t52-/m1/s1. The van der Waals surface area contributed by atoms with Gasteiger partial charge in [-0.05, 0) is 89.9 Å². The maximum Gasteiger partial charge on any atom is 0.306 e. The van der Waals surface area contributed by atoms with Gasteiger partial charge in [0.2, 0.25) is 0 Å². The number of ether oxygens (including phenoxy) is 3. The summed E-state index contributed by atoms with van der Waals surface area (Å²) in [5.41, 5.74) is 0. The first-order valence-corrected chi connectivity index (χ1v) is 25.4. The van der Waals surface area contributed by atoms with E-state index in [-0.39, 0.29) is 37.5 Å². The normalized spacial score (nSPS) is 12.6. The third-order valence-electron chi connectivity index (χ3n) is 10.7. The van der Waals surface area contributed by atoms with E-state index in [2.05, 4.69) is 93.7 Å². The van der Waals surface area contributed by atoms with Crippen molar-refractivity contribution in [1.82, 2.24) is 0 Å². The minimum Gasteiger partial charge on any atom is -0.462 e. The molecule has 6 nitrogen and oxygen atoms in total. The molecule has 0 unspecified atom stereocenters. The van der Waals surface area contributed by atoms with Gasteiger partial charge < -0.3 is 14.2 Å². The molecular weight excluding hydrogens is 757 g/mol. The first-order valence-electron chi connectivity index (χ1n) is 25.4. The van der Waals surface area contributed by atoms with Gasteiger partial charge in [-0.3, -0.25) is 14.4 Å². The largest absolute Gasteiger partial charge is 0.462 e. The van der Waals surface area contributed by atoms with E-state index >= 15 is 0 Å². The van der Waals surface area contributed by atoms with Gasteiger partial charge >= 0.3 is 17.9 Å². The molecule has 0 N–H and O–H groups in total. The SMILES string of the molecule is CCCCC/C=C\C/C=C\C/C=C\C/C=C\CCCC(=O)OC[C@@H](COC(=O)CCCCCCCCCCCCC)OC(=O)CCCCCCC/C=C\C/C=C\CCCCC. The molecule has 0 heterocycles. The maximum absolute atomic E-state index is 12.8. The Morgan fingerprint density at radius 2 is 0.607 bits per heavy atom. The van der Waals surface area contributed by atoms with Crippen LogP contribution in [0.5, 0.6) is 0 Å². The number of carbonyl (C=O) groups is 3. The zero-order valence-electron chi connectivity index (χ0n) is 39.9. The molecule has 0 amide bonds. The third kappa shape index (κ3) is 47.7. The van der Waals surface area contributed by atoms with Crippen molar-refractivity contribution in [3.8, 4) is 0 Å². The fourth-order valence-corrected chi connectivity index (χ4v) is 6.82. The minimum atomic E-state index is -0.802. The van der Waals surface area contributed by atoms with Crippen molar-refractivity contribution in [1.29, 1.82) is 0 Å². The molecule has 0 spiro atoms. The summed E-state index contributed by atoms with van der Waals surface area (Å²) in [4.78, 5) is 37.9. The van der Waals surface area contributed by atoms with E-state index in [0.717, 1.165) is 89.9 Å². The van der Waals surface area contributed by atoms with Crippen molar-refractivity contribution in [2.45, 2.75) is 245 Å². The van der Waals surface area contributed by atoms with Crippen LogP contribution in [0.15, 0.2) is 72.9 Å². The summed E-state index contributed by atoms with van der Waals surface area (Å²) < 4.78 is 16.7. The van der Waals surface area contributed by atoms with E-state index < -0.39 is 6.10 Å². The highest BCUT2D eigenvalue weighted by Gasteiger charge is 2.19. The first kappa shape index (κ1) is 57.9. The summed E-state index contributed by atoms with van der Waals surface area (Å²) in [6, 6.07) is 0. The monoisotopic (exact) mass is 851 g/mol. The molecule has 0 saturated carbocycles. The molecule has 1 atom stereocenters. The summed E-state index contributed by atoms with van der Waals surface area (Å²) in [5.74, 6) is -0.970. The number of rotatable bonds is 45. The lowest BCUT2D eigenvalue weighted by molar-refractivity contribution is -0.167. The van der Waals surface area contributed by atoms with Crippen LogP contribution in [0.25, 0.3) is 0 Å². The van der Waals surface area contributed by atoms with E-state index in [1.165, 1.54) is 103 Å². The fourth-order valence-electron chi connectivity index (χ4n) is 6.82. The zero-order chi connectivity index (χ0) is 44.4. The molecule has 0 aromatic heterocycles. The summed E-state index contributed by atoms with van der Waals surface area (Å²) in [7, 11) is 0. The van der Waals surface area contributed by atoms with Gasteiger partial charge in [0.25, 0.3) is 0 Å². The van der Waals surface area contributed by atoms with Crippen molar-refractivity contribution < 1.29 is 28.6 Å². The highest BCUT2D eigenvalue weighted by atomic mass is 16.6. The molecule has 350 valence electrons. The molecule has 0 bridgehead atoms. The number of allylic oxidation sites excluding steroid dienone is 12. The van der Waals surface area contributed by atoms with Crippen molar-refractivity contribution >= 4 is 17.9 Å². The second-order valence-corrected chi connectivity index (χ2v) is 16.7. The molecule has 0 aromatic carbocycles. The Morgan fingerprint density at radius 1 is 0.328 bits per heavy atom. The van der Waals surface area contributed by atoms with E-state index in [4.69, 9.17) is 14.2 Å². The summed E-state index contributed by atoms with van der Waals surface area (Å²) in [6.45, 7) is 6.51. The van der Waals surface area contributed by atoms with E-state index in [9.17, 15) is 14.4 Å². The number of unbranched alkanes of at least 4 members (excludes halogenated alkanes) is 22. The molecule has 0 aliphatic carbocycles. The molecule has 0 saturated heterocycles. The van der Waals surface area contributed by atoms with Gasteiger partial charge in [0.05, 0.1) is 0 Å². The number of hydrogen-bond acceptors (Lipinski definition) is 6. The lowest BCUT2D eigenvalue weighted by Crippen LogP contribution is -2.30. The van der Waals surface area contributed by atoms with Gasteiger partial charge in [0, 0.05) is 19.3 Å². The quantitative estimate of drug-likeness (QED) is 0.0263. The molecule has 0 rings (SSSR count). The van der Waals surface area contributed by atoms with Crippen LogP contribution in [0.3, 0.4) is 0 Å². The number of carbonyl (C=O) groups excluding carboxylic acids is 3. The van der Waals surface area contributed by atoms with E-state index in [1.807, 2.05) is 0 Å². The first-order chi connectivity index (χ1) is 30.0. The molecule has 61 heavy (non-hydrogen) atoms. The van der Waals surface area contributed by atoms with Gasteiger partial charge in [0.15, 0.2) is 6.10 Å². The van der Waals surface area contributed by atoms with Crippen LogP contribution in [0.1, 0.15) is 239 Å². The molecular formula is C55H94O6. The smallest absolute Gasteiger partial charge is 0.306 e. The van der Waals surface area contributed by atoms with Crippen molar-refractivity contribution in [2.75, 3.05) is 13.2 Å². The van der Waals surface area contributed by atoms with Gasteiger partial charge in [-0.1, -0.05) is 203 Å². The summed E-state index contributed by atoms with van der Waals surface area (Å²) in [5, 5.41) is 0. The van der Waals surface area contributed by atoms with Crippen LogP contribution in [-0.4, -0.2) is 37.2 Å². The van der Waals surface area contributed by atoms with Gasteiger partial charge in [-0.2, -0.15) is 0 Å². The van der Waals surface area contributed by atoms with E-state index in [0.29, 0.717) is 19.3 Å². The molecule has 0 aliphatic heterocycles. The van der Waals surface area contributed by atoms with Gasteiger partial charge in [-0.15, -0.1) is 0 Å². The summed E-state index contributed by atoms with van der Waals surface area (Å²) >= 11 is 0. The second-order valence-electron chi connectivity index (χ2n) is 16.7. The molecule has 6 heteroatoms. The van der Waals surface area contributed by atoms with Crippen LogP contribution in [0.2, 0.25) is 0 Å². The van der Waals surface area contributed by atoms with Crippen molar-refractivity contribution in [3.63, 3.8) is 0 Å². The molecule has 0 radical (unpaired) electrons. The highest BCUT2D eigenvalue weighted by molar-refractivity contribution is 5.71. The Hall–Kier alpha value is -3.15. The minimum absolute atomic E-state index is 0.0970. The van der Waals surface area contributed by atoms with Gasteiger partial charge in [0.1, 0.15) is 13.2 Å². The van der Waals surface area contributed by atoms with Crippen LogP contribution in [-0.2, 0) is 28.6 Å². The van der Waals surface area contributed by atoms with Crippen molar-refractivity contribution in [2.24, 2.45) is 0 Å². The number of esters is 3. The Bertz CT molecular complexity index is 1160. The Balaban J connectivity index is 4.48.